The topological polar surface area (TPSA) is 23.8 Å². The van der Waals surface area contributed by atoms with Crippen molar-refractivity contribution < 1.29 is 0 Å². The number of nitriles is 1. The molecule has 0 radical (unpaired) electrons. The fourth-order valence-corrected chi connectivity index (χ4v) is 0. The van der Waals surface area contributed by atoms with E-state index in [1.807, 2.05) is 0 Å². The van der Waals surface area contributed by atoms with Crippen LogP contribution in [-0.4, -0.2) is 17.6 Å². The SMILES string of the molecule is N#CS.[GeH4]. The Bertz CT molecular complexity index is 29.5. The molecular formula is CH5GeNS. The van der Waals surface area contributed by atoms with E-state index in [-0.39, 0.29) is 17.6 Å². The number of thiocyanates is 1. The van der Waals surface area contributed by atoms with Crippen LogP contribution in [0.4, 0.5) is 0 Å². The van der Waals surface area contributed by atoms with Crippen LogP contribution in [0.1, 0.15) is 0 Å². The van der Waals surface area contributed by atoms with Gasteiger partial charge in [0, 0.05) is 0 Å². The van der Waals surface area contributed by atoms with Gasteiger partial charge in [-0.25, -0.2) is 0 Å². The Hall–Kier alpha value is 0.383. The zero-order chi connectivity index (χ0) is 2.71. The molecule has 0 aromatic carbocycles. The van der Waals surface area contributed by atoms with E-state index in [1.165, 1.54) is 5.40 Å². The van der Waals surface area contributed by atoms with Crippen molar-refractivity contribution in [1.82, 2.24) is 0 Å². The predicted molar refractivity (Wildman–Crippen MR) is 25.9 cm³/mol. The molecule has 0 aliphatic carbocycles. The summed E-state index contributed by atoms with van der Waals surface area (Å²) in [5.74, 6) is 0. The third-order valence-electron chi connectivity index (χ3n) is 0. The van der Waals surface area contributed by atoms with Gasteiger partial charge in [0.15, 0.2) is 0 Å². The van der Waals surface area contributed by atoms with Crippen molar-refractivity contribution in [1.29, 1.82) is 5.26 Å². The molecule has 0 saturated heterocycles. The van der Waals surface area contributed by atoms with Crippen LogP contribution in [0.2, 0.25) is 0 Å². The van der Waals surface area contributed by atoms with Gasteiger partial charge in [0.25, 0.3) is 0 Å². The second-order valence-corrected chi connectivity index (χ2v) is 0.300. The number of nitrogens with zero attached hydrogens (tertiary/aromatic N) is 1. The molecule has 4 heavy (non-hydrogen) atoms. The molecule has 0 aromatic rings. The molecule has 0 spiro atoms. The van der Waals surface area contributed by atoms with Crippen LogP contribution in [-0.2, 0) is 0 Å². The van der Waals surface area contributed by atoms with Gasteiger partial charge in [0.05, 0.1) is 0 Å². The quantitative estimate of drug-likeness (QED) is 0.256. The number of hydrogen-bond donors (Lipinski definition) is 1. The molecule has 0 atom stereocenters. The molecule has 0 fully saturated rings. The molecule has 0 aliphatic rings. The van der Waals surface area contributed by atoms with Gasteiger partial charge in [-0.1, -0.05) is 12.6 Å². The Labute approximate surface area is 41.4 Å². The van der Waals surface area contributed by atoms with E-state index in [4.69, 9.17) is 5.26 Å². The summed E-state index contributed by atoms with van der Waals surface area (Å²) in [5.41, 5.74) is 0. The summed E-state index contributed by atoms with van der Waals surface area (Å²) in [6, 6.07) is 0. The van der Waals surface area contributed by atoms with Gasteiger partial charge >= 0.3 is 17.6 Å². The van der Waals surface area contributed by atoms with Crippen molar-refractivity contribution in [2.75, 3.05) is 0 Å². The molecule has 0 aliphatic heterocycles. The molecule has 0 unspecified atom stereocenters. The Morgan fingerprint density at radius 3 is 1.75 bits per heavy atom. The minimum atomic E-state index is 0. The van der Waals surface area contributed by atoms with Crippen LogP contribution in [0.5, 0.6) is 0 Å². The Balaban J connectivity index is 0. The van der Waals surface area contributed by atoms with E-state index in [0.717, 1.165) is 0 Å². The van der Waals surface area contributed by atoms with Crippen LogP contribution in [0.15, 0.2) is 0 Å². The predicted octanol–water partition coefficient (Wildman–Crippen LogP) is -1.05. The average molecular weight is 136 g/mol. The van der Waals surface area contributed by atoms with Crippen LogP contribution in [0, 0.1) is 10.7 Å². The fraction of sp³-hybridized carbons (Fsp3) is 0. The Morgan fingerprint density at radius 1 is 1.75 bits per heavy atom. The molecule has 0 bridgehead atoms. The van der Waals surface area contributed by atoms with Crippen molar-refractivity contribution in [3.8, 4) is 5.40 Å². The first-order chi connectivity index (χ1) is 1.41. The molecule has 0 amide bonds. The van der Waals surface area contributed by atoms with Crippen molar-refractivity contribution >= 4 is 30.2 Å². The third-order valence-corrected chi connectivity index (χ3v) is 0. The van der Waals surface area contributed by atoms with Gasteiger partial charge in [0.1, 0.15) is 5.40 Å². The fourth-order valence-electron chi connectivity index (χ4n) is 0. The van der Waals surface area contributed by atoms with Crippen LogP contribution < -0.4 is 0 Å². The standard InChI is InChI=1S/CHNS.GeH4/c2-1-3;/h3H;1H4. The van der Waals surface area contributed by atoms with E-state index in [2.05, 4.69) is 12.6 Å². The van der Waals surface area contributed by atoms with Crippen molar-refractivity contribution in [3.05, 3.63) is 0 Å². The second-order valence-electron chi connectivity index (χ2n) is 0.100. The first-order valence-corrected chi connectivity index (χ1v) is 0.894. The summed E-state index contributed by atoms with van der Waals surface area (Å²) in [6.45, 7) is 0. The van der Waals surface area contributed by atoms with E-state index < -0.39 is 0 Å². The molecule has 1 nitrogen and oxygen atoms in total. The molecule has 24 valence electrons. The van der Waals surface area contributed by atoms with Crippen molar-refractivity contribution in [2.24, 2.45) is 0 Å². The van der Waals surface area contributed by atoms with Crippen molar-refractivity contribution in [3.63, 3.8) is 0 Å². The minimum absolute atomic E-state index is 0. The maximum absolute atomic E-state index is 7.18. The summed E-state index contributed by atoms with van der Waals surface area (Å²) < 4.78 is 0. The van der Waals surface area contributed by atoms with Crippen LogP contribution >= 0.6 is 12.6 Å². The van der Waals surface area contributed by atoms with Crippen LogP contribution in [0.25, 0.3) is 0 Å². The van der Waals surface area contributed by atoms with Gasteiger partial charge in [-0.15, -0.1) is 0 Å². The van der Waals surface area contributed by atoms with Gasteiger partial charge in [-0.3, -0.25) is 0 Å². The first-order valence-electron chi connectivity index (χ1n) is 0.447. The van der Waals surface area contributed by atoms with Crippen molar-refractivity contribution in [2.45, 2.75) is 0 Å². The number of rotatable bonds is 0. The zero-order valence-corrected chi connectivity index (χ0v) is 2.29. The number of hydrogen-bond acceptors (Lipinski definition) is 2. The Morgan fingerprint density at radius 2 is 1.75 bits per heavy atom. The summed E-state index contributed by atoms with van der Waals surface area (Å²) in [5, 5.41) is 8.63. The molecular weight excluding hydrogens is 131 g/mol. The van der Waals surface area contributed by atoms with E-state index >= 15 is 0 Å². The summed E-state index contributed by atoms with van der Waals surface area (Å²) in [7, 11) is 0. The molecule has 0 saturated carbocycles. The van der Waals surface area contributed by atoms with E-state index in [9.17, 15) is 0 Å². The van der Waals surface area contributed by atoms with Gasteiger partial charge < -0.3 is 0 Å². The second kappa shape index (κ2) is 10.0. The molecule has 0 N–H and O–H groups in total. The summed E-state index contributed by atoms with van der Waals surface area (Å²) in [4.78, 5) is 0. The summed E-state index contributed by atoms with van der Waals surface area (Å²) >= 11 is 3.09. The van der Waals surface area contributed by atoms with Gasteiger partial charge in [-0.2, -0.15) is 5.26 Å². The summed E-state index contributed by atoms with van der Waals surface area (Å²) in [6.07, 6.45) is 0. The average Bonchev–Trinajstić information content (AvgIpc) is 0.918. The number of thiol groups is 1. The molecule has 0 rings (SSSR count). The molecule has 0 aromatic heterocycles. The monoisotopic (exact) mass is 137 g/mol. The first kappa shape index (κ1) is 8.83. The third kappa shape index (κ3) is 31.1. The zero-order valence-electron chi connectivity index (χ0n) is 1.39. The Kier molecular flexibility index (Phi) is 22.2. The van der Waals surface area contributed by atoms with Gasteiger partial charge in [0.2, 0.25) is 0 Å². The molecule has 3 heteroatoms. The van der Waals surface area contributed by atoms with Gasteiger partial charge in [-0.05, 0) is 0 Å². The van der Waals surface area contributed by atoms with Crippen LogP contribution in [0.3, 0.4) is 0 Å². The van der Waals surface area contributed by atoms with E-state index in [0.29, 0.717) is 0 Å². The molecule has 0 heterocycles. The van der Waals surface area contributed by atoms with E-state index in [1.54, 1.807) is 0 Å². The normalized spacial score (nSPS) is 2.00. The maximum atomic E-state index is 7.18.